The quantitative estimate of drug-likeness (QED) is 0.916. The molecule has 1 aliphatic rings. The molecule has 1 saturated heterocycles. The van der Waals surface area contributed by atoms with Gasteiger partial charge in [-0.25, -0.2) is 0 Å². The second-order valence-electron chi connectivity index (χ2n) is 4.26. The third-order valence-electron chi connectivity index (χ3n) is 3.14. The van der Waals surface area contributed by atoms with E-state index in [1.807, 2.05) is 7.05 Å². The number of nitrogens with one attached hydrogen (secondary N) is 1. The highest BCUT2D eigenvalue weighted by molar-refractivity contribution is 9.10. The number of rotatable bonds is 4. The van der Waals surface area contributed by atoms with Gasteiger partial charge in [-0.3, -0.25) is 0 Å². The molecular formula is C13H18BrNO. The number of halogens is 1. The summed E-state index contributed by atoms with van der Waals surface area (Å²) in [5, 5.41) is 3.37. The van der Waals surface area contributed by atoms with E-state index in [-0.39, 0.29) is 0 Å². The van der Waals surface area contributed by atoms with Gasteiger partial charge in [0, 0.05) is 17.1 Å². The molecule has 88 valence electrons. The van der Waals surface area contributed by atoms with E-state index >= 15 is 0 Å². The van der Waals surface area contributed by atoms with E-state index in [0.29, 0.717) is 12.1 Å². The summed E-state index contributed by atoms with van der Waals surface area (Å²) in [5.41, 5.74) is 1.33. The molecule has 1 aromatic rings. The molecule has 1 aromatic carbocycles. The molecule has 16 heavy (non-hydrogen) atoms. The van der Waals surface area contributed by atoms with Crippen molar-refractivity contribution in [3.8, 4) is 0 Å². The fraction of sp³-hybridized carbons (Fsp3) is 0.538. The number of hydrogen-bond donors (Lipinski definition) is 1. The lowest BCUT2D eigenvalue weighted by Crippen LogP contribution is -2.22. The van der Waals surface area contributed by atoms with Gasteiger partial charge in [0.05, 0.1) is 6.10 Å². The van der Waals surface area contributed by atoms with Gasteiger partial charge in [-0.2, -0.15) is 0 Å². The highest BCUT2D eigenvalue weighted by atomic mass is 79.9. The molecule has 1 heterocycles. The predicted molar refractivity (Wildman–Crippen MR) is 69.5 cm³/mol. The van der Waals surface area contributed by atoms with Crippen molar-refractivity contribution in [3.05, 3.63) is 34.3 Å². The maximum Gasteiger partial charge on any atom is 0.0594 e. The zero-order valence-corrected chi connectivity index (χ0v) is 11.2. The molecule has 1 fully saturated rings. The molecule has 2 rings (SSSR count). The minimum Gasteiger partial charge on any atom is -0.378 e. The molecule has 0 amide bonds. The summed E-state index contributed by atoms with van der Waals surface area (Å²) in [5.74, 6) is 0. The summed E-state index contributed by atoms with van der Waals surface area (Å²) in [6.45, 7) is 0.932. The zero-order chi connectivity index (χ0) is 11.4. The first-order valence-corrected chi connectivity index (χ1v) is 6.63. The number of hydrogen-bond acceptors (Lipinski definition) is 2. The van der Waals surface area contributed by atoms with Crippen molar-refractivity contribution in [3.63, 3.8) is 0 Å². The van der Waals surface area contributed by atoms with Crippen LogP contribution in [0, 0.1) is 0 Å². The van der Waals surface area contributed by atoms with Gasteiger partial charge in [0.2, 0.25) is 0 Å². The largest absolute Gasteiger partial charge is 0.378 e. The Morgan fingerprint density at radius 2 is 2.19 bits per heavy atom. The maximum atomic E-state index is 5.68. The molecule has 0 aromatic heterocycles. The van der Waals surface area contributed by atoms with E-state index < -0.39 is 0 Å². The molecule has 2 atom stereocenters. The van der Waals surface area contributed by atoms with Crippen LogP contribution in [-0.4, -0.2) is 19.8 Å². The van der Waals surface area contributed by atoms with Gasteiger partial charge in [0.1, 0.15) is 0 Å². The summed E-state index contributed by atoms with van der Waals surface area (Å²) in [6, 6.07) is 8.92. The van der Waals surface area contributed by atoms with Gasteiger partial charge in [0.25, 0.3) is 0 Å². The summed E-state index contributed by atoms with van der Waals surface area (Å²) in [4.78, 5) is 0. The van der Waals surface area contributed by atoms with Crippen molar-refractivity contribution in [2.24, 2.45) is 0 Å². The van der Waals surface area contributed by atoms with Gasteiger partial charge < -0.3 is 10.1 Å². The van der Waals surface area contributed by atoms with E-state index in [1.54, 1.807) is 0 Å². The van der Waals surface area contributed by atoms with Gasteiger partial charge in [-0.1, -0.05) is 28.1 Å². The SMILES string of the molecule is CNC(CC1CCCO1)c1ccc(Br)cc1. The Morgan fingerprint density at radius 1 is 1.44 bits per heavy atom. The molecule has 0 bridgehead atoms. The minimum absolute atomic E-state index is 0.399. The summed E-state index contributed by atoms with van der Waals surface area (Å²) in [6.07, 6.45) is 3.91. The van der Waals surface area contributed by atoms with E-state index in [9.17, 15) is 0 Å². The number of benzene rings is 1. The lowest BCUT2D eigenvalue weighted by atomic mass is 9.99. The Balaban J connectivity index is 2.00. The van der Waals surface area contributed by atoms with Crippen LogP contribution in [0.4, 0.5) is 0 Å². The normalized spacial score (nSPS) is 22.2. The third kappa shape index (κ3) is 3.06. The van der Waals surface area contributed by atoms with Crippen LogP contribution in [0.2, 0.25) is 0 Å². The van der Waals surface area contributed by atoms with Crippen molar-refractivity contribution < 1.29 is 4.74 Å². The van der Waals surface area contributed by atoms with Gasteiger partial charge in [0.15, 0.2) is 0 Å². The average Bonchev–Trinajstić information content (AvgIpc) is 2.80. The van der Waals surface area contributed by atoms with Crippen molar-refractivity contribution in [2.75, 3.05) is 13.7 Å². The van der Waals surface area contributed by atoms with Crippen LogP contribution in [0.3, 0.4) is 0 Å². The van der Waals surface area contributed by atoms with E-state index in [1.165, 1.54) is 18.4 Å². The van der Waals surface area contributed by atoms with Crippen molar-refractivity contribution in [1.82, 2.24) is 5.32 Å². The first kappa shape index (κ1) is 12.1. The lowest BCUT2D eigenvalue weighted by Gasteiger charge is -2.20. The van der Waals surface area contributed by atoms with Crippen LogP contribution in [-0.2, 0) is 4.74 Å². The molecule has 0 saturated carbocycles. The fourth-order valence-corrected chi connectivity index (χ4v) is 2.47. The monoisotopic (exact) mass is 283 g/mol. The van der Waals surface area contributed by atoms with E-state index in [0.717, 1.165) is 17.5 Å². The summed E-state index contributed by atoms with van der Waals surface area (Å²) >= 11 is 3.46. The highest BCUT2D eigenvalue weighted by Gasteiger charge is 2.20. The maximum absolute atomic E-state index is 5.68. The third-order valence-corrected chi connectivity index (χ3v) is 3.67. The smallest absolute Gasteiger partial charge is 0.0594 e. The van der Waals surface area contributed by atoms with Crippen molar-refractivity contribution in [2.45, 2.75) is 31.4 Å². The van der Waals surface area contributed by atoms with Crippen LogP contribution in [0.5, 0.6) is 0 Å². The van der Waals surface area contributed by atoms with Gasteiger partial charge in [-0.15, -0.1) is 0 Å². The van der Waals surface area contributed by atoms with Crippen LogP contribution >= 0.6 is 15.9 Å². The van der Waals surface area contributed by atoms with Crippen molar-refractivity contribution in [1.29, 1.82) is 0 Å². The zero-order valence-electron chi connectivity index (χ0n) is 9.58. The standard InChI is InChI=1S/C13H18BrNO/c1-15-13(9-12-3-2-8-16-12)10-4-6-11(14)7-5-10/h4-7,12-13,15H,2-3,8-9H2,1H3. The minimum atomic E-state index is 0.399. The average molecular weight is 284 g/mol. The Labute approximate surface area is 106 Å². The van der Waals surface area contributed by atoms with Gasteiger partial charge in [-0.05, 0) is 44.0 Å². The molecule has 2 unspecified atom stereocenters. The second kappa shape index (κ2) is 5.80. The molecule has 3 heteroatoms. The molecule has 0 spiro atoms. The molecule has 1 aliphatic heterocycles. The molecule has 2 nitrogen and oxygen atoms in total. The fourth-order valence-electron chi connectivity index (χ4n) is 2.21. The Morgan fingerprint density at radius 3 is 2.75 bits per heavy atom. The molecule has 0 aliphatic carbocycles. The number of ether oxygens (including phenoxy) is 1. The van der Waals surface area contributed by atoms with Crippen LogP contribution in [0.1, 0.15) is 30.9 Å². The Kier molecular flexibility index (Phi) is 4.38. The first-order valence-electron chi connectivity index (χ1n) is 5.84. The molecule has 1 N–H and O–H groups in total. The van der Waals surface area contributed by atoms with Crippen LogP contribution in [0.15, 0.2) is 28.7 Å². The van der Waals surface area contributed by atoms with E-state index in [4.69, 9.17) is 4.74 Å². The van der Waals surface area contributed by atoms with E-state index in [2.05, 4.69) is 45.5 Å². The van der Waals surface area contributed by atoms with Crippen LogP contribution in [0.25, 0.3) is 0 Å². The second-order valence-corrected chi connectivity index (χ2v) is 5.18. The van der Waals surface area contributed by atoms with Crippen LogP contribution < -0.4 is 5.32 Å². The topological polar surface area (TPSA) is 21.3 Å². The Hall–Kier alpha value is -0.380. The molecule has 0 radical (unpaired) electrons. The predicted octanol–water partition coefficient (Wildman–Crippen LogP) is 3.28. The lowest BCUT2D eigenvalue weighted by molar-refractivity contribution is 0.0954. The molecular weight excluding hydrogens is 266 g/mol. The summed E-state index contributed by atoms with van der Waals surface area (Å²) < 4.78 is 6.81. The summed E-state index contributed by atoms with van der Waals surface area (Å²) in [7, 11) is 2.02. The highest BCUT2D eigenvalue weighted by Crippen LogP contribution is 2.25. The first-order chi connectivity index (χ1) is 7.79. The van der Waals surface area contributed by atoms with Gasteiger partial charge >= 0.3 is 0 Å². The Bertz CT molecular complexity index is 319. The van der Waals surface area contributed by atoms with Crippen molar-refractivity contribution >= 4 is 15.9 Å².